The van der Waals surface area contributed by atoms with Crippen LogP contribution in [0.25, 0.3) is 0 Å². The Balaban J connectivity index is 1.76. The van der Waals surface area contributed by atoms with Crippen LogP contribution in [0.4, 0.5) is 13.2 Å². The molecule has 0 radical (unpaired) electrons. The Labute approximate surface area is 146 Å². The minimum absolute atomic E-state index is 0.0284. The first kappa shape index (κ1) is 19.5. The van der Waals surface area contributed by atoms with E-state index in [0.29, 0.717) is 23.3 Å². The van der Waals surface area contributed by atoms with Gasteiger partial charge in [0.15, 0.2) is 6.61 Å². The summed E-state index contributed by atoms with van der Waals surface area (Å²) in [5.74, 6) is 0.286. The molecule has 140 valence electrons. The van der Waals surface area contributed by atoms with Gasteiger partial charge < -0.3 is 10.1 Å². The first-order valence-corrected chi connectivity index (χ1v) is 8.54. The summed E-state index contributed by atoms with van der Waals surface area (Å²) < 4.78 is 41.1. The lowest BCUT2D eigenvalue weighted by Crippen LogP contribution is -2.28. The number of pyridine rings is 1. The lowest BCUT2D eigenvalue weighted by atomic mass is 9.72. The minimum Gasteiger partial charge on any atom is -0.468 e. The first-order valence-electron chi connectivity index (χ1n) is 8.54. The number of ether oxygens (including phenoxy) is 1. The maximum atomic E-state index is 12.2. The van der Waals surface area contributed by atoms with E-state index < -0.39 is 12.8 Å². The van der Waals surface area contributed by atoms with Crippen LogP contribution in [0.2, 0.25) is 0 Å². The van der Waals surface area contributed by atoms with Crippen LogP contribution in [-0.2, 0) is 11.3 Å². The molecule has 0 atom stereocenters. The normalized spacial score (nSPS) is 18.0. The van der Waals surface area contributed by atoms with E-state index in [4.69, 9.17) is 0 Å². The Morgan fingerprint density at radius 2 is 2.04 bits per heavy atom. The summed E-state index contributed by atoms with van der Waals surface area (Å²) in [6.45, 7) is 3.38. The molecule has 1 aromatic heterocycles. The molecule has 1 aromatic rings. The molecule has 1 aliphatic carbocycles. The van der Waals surface area contributed by atoms with E-state index in [2.05, 4.69) is 28.9 Å². The number of nitrogens with zero attached hydrogens (tertiary/aromatic N) is 1. The second-order valence-electron chi connectivity index (χ2n) is 7.49. The highest BCUT2D eigenvalue weighted by atomic mass is 19.4. The molecule has 0 unspecified atom stereocenters. The van der Waals surface area contributed by atoms with Crippen molar-refractivity contribution in [2.24, 2.45) is 11.3 Å². The third-order valence-electron chi connectivity index (χ3n) is 4.61. The highest BCUT2D eigenvalue weighted by Crippen LogP contribution is 2.39. The van der Waals surface area contributed by atoms with Crippen molar-refractivity contribution in [2.45, 2.75) is 58.7 Å². The van der Waals surface area contributed by atoms with Crippen LogP contribution in [0.1, 0.15) is 51.5 Å². The first-order chi connectivity index (χ1) is 11.6. The van der Waals surface area contributed by atoms with Gasteiger partial charge in [0.25, 0.3) is 0 Å². The maximum Gasteiger partial charge on any atom is 0.422 e. The molecule has 2 rings (SSSR count). The summed E-state index contributed by atoms with van der Waals surface area (Å²) in [5, 5.41) is 2.82. The third-order valence-corrected chi connectivity index (χ3v) is 4.61. The van der Waals surface area contributed by atoms with Gasteiger partial charge in [0, 0.05) is 25.2 Å². The van der Waals surface area contributed by atoms with E-state index >= 15 is 0 Å². The Bertz CT molecular complexity index is 578. The van der Waals surface area contributed by atoms with Gasteiger partial charge in [-0.25, -0.2) is 4.98 Å². The molecule has 1 N–H and O–H groups in total. The van der Waals surface area contributed by atoms with Gasteiger partial charge in [-0.2, -0.15) is 13.2 Å². The SMILES string of the molecule is CC1(C)CCC(CC(=O)NCc2ccnc(OCC(F)(F)F)c2)CC1. The van der Waals surface area contributed by atoms with Gasteiger partial charge in [0.1, 0.15) is 0 Å². The number of rotatable bonds is 6. The predicted octanol–water partition coefficient (Wildman–Crippen LogP) is 4.25. The lowest BCUT2D eigenvalue weighted by Gasteiger charge is -2.34. The Kier molecular flexibility index (Phi) is 6.30. The van der Waals surface area contributed by atoms with Crippen LogP contribution >= 0.6 is 0 Å². The number of alkyl halides is 3. The second kappa shape index (κ2) is 8.06. The van der Waals surface area contributed by atoms with Gasteiger partial charge >= 0.3 is 6.18 Å². The van der Waals surface area contributed by atoms with Crippen molar-refractivity contribution in [2.75, 3.05) is 6.61 Å². The molecular formula is C18H25F3N2O2. The molecule has 0 spiro atoms. The number of halogens is 3. The summed E-state index contributed by atoms with van der Waals surface area (Å²) in [6, 6.07) is 3.05. The number of hydrogen-bond acceptors (Lipinski definition) is 3. The summed E-state index contributed by atoms with van der Waals surface area (Å²) in [4.78, 5) is 15.8. The maximum absolute atomic E-state index is 12.2. The Morgan fingerprint density at radius 1 is 1.36 bits per heavy atom. The number of nitrogens with one attached hydrogen (secondary N) is 1. The van der Waals surface area contributed by atoms with Crippen LogP contribution in [0, 0.1) is 11.3 Å². The molecule has 25 heavy (non-hydrogen) atoms. The Morgan fingerprint density at radius 3 is 2.68 bits per heavy atom. The smallest absolute Gasteiger partial charge is 0.422 e. The zero-order valence-electron chi connectivity index (χ0n) is 14.7. The van der Waals surface area contributed by atoms with E-state index in [-0.39, 0.29) is 18.3 Å². The van der Waals surface area contributed by atoms with E-state index in [0.717, 1.165) is 25.7 Å². The van der Waals surface area contributed by atoms with Crippen LogP contribution in [0.3, 0.4) is 0 Å². The van der Waals surface area contributed by atoms with Crippen molar-refractivity contribution in [1.29, 1.82) is 0 Å². The lowest BCUT2D eigenvalue weighted by molar-refractivity contribution is -0.154. The molecule has 1 heterocycles. The van der Waals surface area contributed by atoms with Crippen molar-refractivity contribution < 1.29 is 22.7 Å². The van der Waals surface area contributed by atoms with Gasteiger partial charge in [0.2, 0.25) is 11.8 Å². The fourth-order valence-electron chi connectivity index (χ4n) is 2.99. The van der Waals surface area contributed by atoms with E-state index in [1.54, 1.807) is 6.07 Å². The van der Waals surface area contributed by atoms with Crippen molar-refractivity contribution in [1.82, 2.24) is 10.3 Å². The second-order valence-corrected chi connectivity index (χ2v) is 7.49. The molecule has 1 saturated carbocycles. The summed E-state index contributed by atoms with van der Waals surface area (Å²) in [5.41, 5.74) is 1.03. The molecule has 1 aliphatic rings. The van der Waals surface area contributed by atoms with Crippen LogP contribution in [0.15, 0.2) is 18.3 Å². The monoisotopic (exact) mass is 358 g/mol. The zero-order valence-corrected chi connectivity index (χ0v) is 14.7. The molecule has 7 heteroatoms. The van der Waals surface area contributed by atoms with E-state index in [1.807, 2.05) is 0 Å². The third kappa shape index (κ3) is 7.32. The molecule has 0 aromatic carbocycles. The van der Waals surface area contributed by atoms with Crippen LogP contribution in [-0.4, -0.2) is 23.7 Å². The Hall–Kier alpha value is -1.79. The molecule has 0 saturated heterocycles. The van der Waals surface area contributed by atoms with E-state index in [9.17, 15) is 18.0 Å². The van der Waals surface area contributed by atoms with Crippen LogP contribution in [0.5, 0.6) is 5.88 Å². The highest BCUT2D eigenvalue weighted by Gasteiger charge is 2.29. The predicted molar refractivity (Wildman–Crippen MR) is 88.0 cm³/mol. The van der Waals surface area contributed by atoms with Gasteiger partial charge in [0.05, 0.1) is 0 Å². The number of carbonyl (C=O) groups excluding carboxylic acids is 1. The van der Waals surface area contributed by atoms with Crippen molar-refractivity contribution in [3.05, 3.63) is 23.9 Å². The van der Waals surface area contributed by atoms with Crippen molar-refractivity contribution in [3.63, 3.8) is 0 Å². The molecule has 1 fully saturated rings. The van der Waals surface area contributed by atoms with Gasteiger partial charge in [-0.3, -0.25) is 4.79 Å². The zero-order chi connectivity index (χ0) is 18.5. The average molecular weight is 358 g/mol. The minimum atomic E-state index is -4.40. The molecule has 0 bridgehead atoms. The van der Waals surface area contributed by atoms with Crippen molar-refractivity contribution in [3.8, 4) is 5.88 Å². The topological polar surface area (TPSA) is 51.2 Å². The van der Waals surface area contributed by atoms with Gasteiger partial charge in [-0.05, 0) is 48.6 Å². The van der Waals surface area contributed by atoms with Gasteiger partial charge in [-0.1, -0.05) is 13.8 Å². The fraction of sp³-hybridized carbons (Fsp3) is 0.667. The number of aromatic nitrogens is 1. The van der Waals surface area contributed by atoms with E-state index in [1.165, 1.54) is 12.3 Å². The summed E-state index contributed by atoms with van der Waals surface area (Å²) >= 11 is 0. The molecular weight excluding hydrogens is 333 g/mol. The molecule has 0 aliphatic heterocycles. The fourth-order valence-corrected chi connectivity index (χ4v) is 2.99. The van der Waals surface area contributed by atoms with Gasteiger partial charge in [-0.15, -0.1) is 0 Å². The highest BCUT2D eigenvalue weighted by molar-refractivity contribution is 5.76. The number of hydrogen-bond donors (Lipinski definition) is 1. The standard InChI is InChI=1S/C18H25F3N2O2/c1-17(2)6-3-13(4-7-17)9-15(24)23-11-14-5-8-22-16(10-14)25-12-18(19,20)21/h5,8,10,13H,3-4,6-7,9,11-12H2,1-2H3,(H,23,24). The quantitative estimate of drug-likeness (QED) is 0.827. The average Bonchev–Trinajstić information content (AvgIpc) is 2.53. The van der Waals surface area contributed by atoms with Crippen molar-refractivity contribution >= 4 is 5.91 Å². The largest absolute Gasteiger partial charge is 0.468 e. The summed E-state index contributed by atoms with van der Waals surface area (Å²) in [6.07, 6.45) is 1.86. The number of amides is 1. The summed E-state index contributed by atoms with van der Waals surface area (Å²) in [7, 11) is 0. The number of carbonyl (C=O) groups is 1. The van der Waals surface area contributed by atoms with Crippen LogP contribution < -0.4 is 10.1 Å². The molecule has 1 amide bonds. The molecule has 4 nitrogen and oxygen atoms in total.